The van der Waals surface area contributed by atoms with E-state index >= 15 is 0 Å². The zero-order chi connectivity index (χ0) is 8.41. The zero-order valence-corrected chi connectivity index (χ0v) is 9.08. The molecule has 0 aliphatic carbocycles. The molecule has 0 radical (unpaired) electrons. The van der Waals surface area contributed by atoms with Crippen LogP contribution in [0.15, 0.2) is 0 Å². The molecule has 0 rings (SSSR count). The Kier molecular flexibility index (Phi) is 3.65. The summed E-state index contributed by atoms with van der Waals surface area (Å²) >= 11 is 11.3. The van der Waals surface area contributed by atoms with Gasteiger partial charge in [0.05, 0.1) is 5.60 Å². The van der Waals surface area contributed by atoms with Crippen LogP contribution in [0.1, 0.15) is 20.8 Å². The predicted octanol–water partition coefficient (Wildman–Crippen LogP) is 2.36. The molecule has 0 saturated heterocycles. The van der Waals surface area contributed by atoms with Gasteiger partial charge in [0, 0.05) is 7.11 Å². The molecule has 0 aliphatic rings. The van der Waals surface area contributed by atoms with Gasteiger partial charge in [0.1, 0.15) is 0 Å². The molecule has 0 bridgehead atoms. The van der Waals surface area contributed by atoms with E-state index in [4.69, 9.17) is 31.0 Å². The van der Waals surface area contributed by atoms with E-state index in [1.165, 1.54) is 7.11 Å². The SMILES string of the molecule is CO[Si](Cl)(Cl)OC(C)(C)C. The lowest BCUT2D eigenvalue weighted by Gasteiger charge is -2.25. The summed E-state index contributed by atoms with van der Waals surface area (Å²) in [7, 11) is -1.43. The average Bonchev–Trinajstić information content (AvgIpc) is 1.60. The van der Waals surface area contributed by atoms with Crippen LogP contribution in [0.5, 0.6) is 0 Å². The third-order valence-corrected chi connectivity index (χ3v) is 3.38. The molecule has 0 heterocycles. The Morgan fingerprint density at radius 2 is 1.60 bits per heavy atom. The van der Waals surface area contributed by atoms with Crippen LogP contribution in [0.3, 0.4) is 0 Å². The Balaban J connectivity index is 3.89. The van der Waals surface area contributed by atoms with Crippen LogP contribution in [-0.4, -0.2) is 19.9 Å². The highest BCUT2D eigenvalue weighted by molar-refractivity contribution is 7.39. The monoisotopic (exact) mass is 202 g/mol. The van der Waals surface area contributed by atoms with E-state index in [1.807, 2.05) is 20.8 Å². The summed E-state index contributed by atoms with van der Waals surface area (Å²) in [5.74, 6) is 0. The van der Waals surface area contributed by atoms with Crippen molar-refractivity contribution in [1.82, 2.24) is 0 Å². The van der Waals surface area contributed by atoms with Crippen LogP contribution >= 0.6 is 22.2 Å². The van der Waals surface area contributed by atoms with Crippen molar-refractivity contribution in [3.05, 3.63) is 0 Å². The summed E-state index contributed by atoms with van der Waals surface area (Å²) in [6, 6.07) is 0. The molecule has 0 saturated carbocycles. The highest BCUT2D eigenvalue weighted by Crippen LogP contribution is 2.23. The van der Waals surface area contributed by atoms with Gasteiger partial charge < -0.3 is 8.85 Å². The fourth-order valence-electron chi connectivity index (χ4n) is 0.398. The second kappa shape index (κ2) is 3.41. The molecule has 0 aromatic rings. The van der Waals surface area contributed by atoms with Crippen LogP contribution in [0.25, 0.3) is 0 Å². The van der Waals surface area contributed by atoms with Crippen molar-refractivity contribution in [2.24, 2.45) is 0 Å². The van der Waals surface area contributed by atoms with Crippen LogP contribution in [0, 0.1) is 0 Å². The van der Waals surface area contributed by atoms with Gasteiger partial charge >= 0.3 is 7.18 Å². The van der Waals surface area contributed by atoms with Gasteiger partial charge in [-0.25, -0.2) is 0 Å². The molecule has 0 aliphatic heterocycles. The van der Waals surface area contributed by atoms with Gasteiger partial charge in [-0.15, -0.1) is 0 Å². The largest absolute Gasteiger partial charge is 0.551 e. The van der Waals surface area contributed by atoms with Crippen molar-refractivity contribution < 1.29 is 8.85 Å². The summed E-state index contributed by atoms with van der Waals surface area (Å²) in [6.45, 7) is 5.62. The Morgan fingerprint density at radius 3 is 1.70 bits per heavy atom. The fraction of sp³-hybridized carbons (Fsp3) is 1.00. The van der Waals surface area contributed by atoms with E-state index in [0.29, 0.717) is 0 Å². The van der Waals surface area contributed by atoms with Crippen molar-refractivity contribution in [3.63, 3.8) is 0 Å². The standard InChI is InChI=1S/C5H12Cl2O2Si/c1-5(2,3)9-10(6,7)8-4/h1-4H3. The Morgan fingerprint density at radius 1 is 1.20 bits per heavy atom. The number of hydrogen-bond acceptors (Lipinski definition) is 2. The van der Waals surface area contributed by atoms with E-state index in [-0.39, 0.29) is 5.60 Å². The molecule has 10 heavy (non-hydrogen) atoms. The molecule has 0 amide bonds. The molecular formula is C5H12Cl2O2Si. The maximum absolute atomic E-state index is 5.67. The maximum atomic E-state index is 5.67. The molecule has 2 nitrogen and oxygen atoms in total. The first kappa shape index (κ1) is 10.7. The minimum atomic E-state index is -2.87. The van der Waals surface area contributed by atoms with E-state index in [0.717, 1.165) is 0 Å². The second-order valence-electron chi connectivity index (χ2n) is 2.88. The maximum Gasteiger partial charge on any atom is 0.551 e. The molecule has 5 heteroatoms. The molecular weight excluding hydrogens is 191 g/mol. The van der Waals surface area contributed by atoms with Crippen molar-refractivity contribution in [2.45, 2.75) is 26.4 Å². The lowest BCUT2D eigenvalue weighted by molar-refractivity contribution is 0.0961. The van der Waals surface area contributed by atoms with Crippen LogP contribution in [0.2, 0.25) is 0 Å². The summed E-state index contributed by atoms with van der Waals surface area (Å²) in [4.78, 5) is 0. The highest BCUT2D eigenvalue weighted by Gasteiger charge is 2.37. The Labute approximate surface area is 72.1 Å². The highest BCUT2D eigenvalue weighted by atomic mass is 35.7. The van der Waals surface area contributed by atoms with Gasteiger partial charge in [0.2, 0.25) is 0 Å². The minimum Gasteiger partial charge on any atom is -0.375 e. The molecule has 0 unspecified atom stereocenters. The van der Waals surface area contributed by atoms with Gasteiger partial charge in [-0.2, -0.15) is 0 Å². The first-order valence-corrected chi connectivity index (χ1v) is 6.74. The van der Waals surface area contributed by atoms with Gasteiger partial charge in [-0.1, -0.05) is 22.2 Å². The van der Waals surface area contributed by atoms with Crippen molar-refractivity contribution in [1.29, 1.82) is 0 Å². The first-order chi connectivity index (χ1) is 4.27. The second-order valence-corrected chi connectivity index (χ2v) is 7.99. The zero-order valence-electron chi connectivity index (χ0n) is 6.57. The van der Waals surface area contributed by atoms with Crippen LogP contribution in [-0.2, 0) is 8.85 Å². The normalized spacial score (nSPS) is 13.8. The molecule has 0 fully saturated rings. The van der Waals surface area contributed by atoms with Crippen molar-refractivity contribution >= 4 is 29.3 Å². The molecule has 62 valence electrons. The van der Waals surface area contributed by atoms with Gasteiger partial charge in [-0.05, 0) is 20.8 Å². The third-order valence-electron chi connectivity index (χ3n) is 0.663. The smallest absolute Gasteiger partial charge is 0.375 e. The van der Waals surface area contributed by atoms with E-state index in [2.05, 4.69) is 0 Å². The van der Waals surface area contributed by atoms with Gasteiger partial charge in [-0.3, -0.25) is 0 Å². The van der Waals surface area contributed by atoms with E-state index in [9.17, 15) is 0 Å². The van der Waals surface area contributed by atoms with Crippen LogP contribution < -0.4 is 0 Å². The fourth-order valence-corrected chi connectivity index (χ4v) is 2.58. The summed E-state index contributed by atoms with van der Waals surface area (Å²) in [6.07, 6.45) is 0. The number of rotatable bonds is 2. The molecule has 0 aromatic heterocycles. The quantitative estimate of drug-likeness (QED) is 0.506. The first-order valence-electron chi connectivity index (χ1n) is 2.90. The minimum absolute atomic E-state index is 0.342. The topological polar surface area (TPSA) is 18.5 Å². The lowest BCUT2D eigenvalue weighted by atomic mass is 10.2. The van der Waals surface area contributed by atoms with Crippen molar-refractivity contribution in [3.8, 4) is 0 Å². The Hall–Kier alpha value is 0.717. The summed E-state index contributed by atoms with van der Waals surface area (Å²) in [5, 5.41) is 0. The molecule has 0 atom stereocenters. The van der Waals surface area contributed by atoms with E-state index in [1.54, 1.807) is 0 Å². The third kappa shape index (κ3) is 5.50. The average molecular weight is 203 g/mol. The predicted molar refractivity (Wildman–Crippen MR) is 45.3 cm³/mol. The van der Waals surface area contributed by atoms with Gasteiger partial charge in [0.15, 0.2) is 0 Å². The van der Waals surface area contributed by atoms with E-state index < -0.39 is 7.18 Å². The molecule has 0 aromatic carbocycles. The summed E-state index contributed by atoms with van der Waals surface area (Å²) < 4.78 is 9.98. The van der Waals surface area contributed by atoms with Crippen molar-refractivity contribution in [2.75, 3.05) is 7.11 Å². The van der Waals surface area contributed by atoms with Gasteiger partial charge in [0.25, 0.3) is 0 Å². The lowest BCUT2D eigenvalue weighted by Crippen LogP contribution is -2.37. The summed E-state index contributed by atoms with van der Waals surface area (Å²) in [5.41, 5.74) is -0.342. The molecule has 0 N–H and O–H groups in total. The number of halogens is 2. The Bertz CT molecular complexity index is 111. The van der Waals surface area contributed by atoms with Crippen LogP contribution in [0.4, 0.5) is 0 Å². The number of hydrogen-bond donors (Lipinski definition) is 0. The molecule has 0 spiro atoms.